The summed E-state index contributed by atoms with van der Waals surface area (Å²) in [6.07, 6.45) is 12.1. The van der Waals surface area contributed by atoms with Crippen LogP contribution >= 0.6 is 0 Å². The Morgan fingerprint density at radius 1 is 0.909 bits per heavy atom. The monoisotopic (exact) mass is 294 g/mol. The lowest BCUT2D eigenvalue weighted by Crippen LogP contribution is -2.12. The molecule has 0 atom stereocenters. The molecular weight excluding hydrogens is 268 g/mol. The second-order valence-corrected chi connectivity index (χ2v) is 6.88. The Morgan fingerprint density at radius 2 is 1.55 bits per heavy atom. The van der Waals surface area contributed by atoms with Crippen LogP contribution in [0.2, 0.25) is 0 Å². The highest BCUT2D eigenvalue weighted by molar-refractivity contribution is 5.61. The second kappa shape index (κ2) is 7.04. The SMILES string of the molecule is Cc1ncc(-c2ccc(CCC3CCC(C)CC3)cc2)cn1. The average Bonchev–Trinajstić information content (AvgIpc) is 2.56. The van der Waals surface area contributed by atoms with Crippen LogP contribution in [0.1, 0.15) is 50.4 Å². The van der Waals surface area contributed by atoms with Crippen molar-refractivity contribution in [1.82, 2.24) is 9.97 Å². The van der Waals surface area contributed by atoms with Crippen LogP contribution in [0.5, 0.6) is 0 Å². The van der Waals surface area contributed by atoms with Crippen LogP contribution in [0.3, 0.4) is 0 Å². The summed E-state index contributed by atoms with van der Waals surface area (Å²) in [5.74, 6) is 2.72. The predicted molar refractivity (Wildman–Crippen MR) is 91.6 cm³/mol. The van der Waals surface area contributed by atoms with Crippen molar-refractivity contribution < 1.29 is 0 Å². The third kappa shape index (κ3) is 3.94. The van der Waals surface area contributed by atoms with Gasteiger partial charge in [0.25, 0.3) is 0 Å². The molecule has 0 spiro atoms. The molecule has 0 aliphatic heterocycles. The standard InChI is InChI=1S/C20H26N2/c1-15-3-5-17(6-4-15)7-8-18-9-11-19(12-10-18)20-13-21-16(2)22-14-20/h9-15,17H,3-8H2,1-2H3. The largest absolute Gasteiger partial charge is 0.241 e. The molecule has 1 fully saturated rings. The highest BCUT2D eigenvalue weighted by Gasteiger charge is 2.17. The van der Waals surface area contributed by atoms with Crippen LogP contribution in [-0.4, -0.2) is 9.97 Å². The van der Waals surface area contributed by atoms with Crippen molar-refractivity contribution in [2.75, 3.05) is 0 Å². The third-order valence-electron chi connectivity index (χ3n) is 5.04. The van der Waals surface area contributed by atoms with Crippen molar-refractivity contribution >= 4 is 0 Å². The summed E-state index contributed by atoms with van der Waals surface area (Å²) in [5, 5.41) is 0. The number of nitrogens with zero attached hydrogens (tertiary/aromatic N) is 2. The molecule has 2 heteroatoms. The first kappa shape index (κ1) is 15.2. The maximum Gasteiger partial charge on any atom is 0.125 e. The molecule has 0 bridgehead atoms. The molecule has 0 amide bonds. The summed E-state index contributed by atoms with van der Waals surface area (Å²) < 4.78 is 0. The maximum absolute atomic E-state index is 4.27. The van der Waals surface area contributed by atoms with Crippen LogP contribution < -0.4 is 0 Å². The Balaban J connectivity index is 1.56. The van der Waals surface area contributed by atoms with E-state index in [4.69, 9.17) is 0 Å². The maximum atomic E-state index is 4.27. The summed E-state index contributed by atoms with van der Waals surface area (Å²) in [4.78, 5) is 8.54. The van der Waals surface area contributed by atoms with Gasteiger partial charge >= 0.3 is 0 Å². The van der Waals surface area contributed by atoms with Crippen LogP contribution in [0.15, 0.2) is 36.7 Å². The molecule has 1 aromatic carbocycles. The summed E-state index contributed by atoms with van der Waals surface area (Å²) in [6.45, 7) is 4.31. The van der Waals surface area contributed by atoms with Gasteiger partial charge in [-0.2, -0.15) is 0 Å². The number of rotatable bonds is 4. The number of aryl methyl sites for hydroxylation is 2. The molecule has 0 N–H and O–H groups in total. The number of hydrogen-bond acceptors (Lipinski definition) is 2. The average molecular weight is 294 g/mol. The molecule has 1 aliphatic rings. The molecule has 1 aliphatic carbocycles. The van der Waals surface area contributed by atoms with Gasteiger partial charge in [-0.1, -0.05) is 56.9 Å². The normalized spacial score (nSPS) is 21.7. The van der Waals surface area contributed by atoms with Crippen molar-refractivity contribution in [2.24, 2.45) is 11.8 Å². The van der Waals surface area contributed by atoms with Crippen molar-refractivity contribution in [3.8, 4) is 11.1 Å². The van der Waals surface area contributed by atoms with E-state index in [1.807, 2.05) is 19.3 Å². The zero-order valence-electron chi connectivity index (χ0n) is 13.8. The highest BCUT2D eigenvalue weighted by atomic mass is 14.8. The topological polar surface area (TPSA) is 25.8 Å². The molecule has 3 rings (SSSR count). The molecule has 0 radical (unpaired) electrons. The Hall–Kier alpha value is -1.70. The Labute approximate surface area is 134 Å². The molecule has 2 aromatic rings. The fourth-order valence-corrected chi connectivity index (χ4v) is 3.39. The van der Waals surface area contributed by atoms with E-state index in [1.54, 1.807) is 0 Å². The summed E-state index contributed by atoms with van der Waals surface area (Å²) in [7, 11) is 0. The minimum absolute atomic E-state index is 0.821. The van der Waals surface area contributed by atoms with Gasteiger partial charge in [-0.25, -0.2) is 9.97 Å². The van der Waals surface area contributed by atoms with Crippen molar-refractivity contribution in [2.45, 2.75) is 52.4 Å². The number of aromatic nitrogens is 2. The zero-order valence-corrected chi connectivity index (χ0v) is 13.8. The van der Waals surface area contributed by atoms with Gasteiger partial charge < -0.3 is 0 Å². The Morgan fingerprint density at radius 3 is 2.18 bits per heavy atom. The van der Waals surface area contributed by atoms with Crippen LogP contribution in [0.4, 0.5) is 0 Å². The van der Waals surface area contributed by atoms with Crippen molar-refractivity contribution in [3.63, 3.8) is 0 Å². The summed E-state index contributed by atoms with van der Waals surface area (Å²) in [5.41, 5.74) is 3.75. The molecule has 1 saturated carbocycles. The van der Waals surface area contributed by atoms with Gasteiger partial charge in [-0.3, -0.25) is 0 Å². The van der Waals surface area contributed by atoms with E-state index in [1.165, 1.54) is 49.7 Å². The zero-order chi connectivity index (χ0) is 15.4. The van der Waals surface area contributed by atoms with E-state index >= 15 is 0 Å². The third-order valence-corrected chi connectivity index (χ3v) is 5.04. The first-order chi connectivity index (χ1) is 10.7. The highest BCUT2D eigenvalue weighted by Crippen LogP contribution is 2.31. The Bertz CT molecular complexity index is 578. The summed E-state index contributed by atoms with van der Waals surface area (Å²) >= 11 is 0. The lowest BCUT2D eigenvalue weighted by atomic mass is 9.80. The predicted octanol–water partition coefficient (Wildman–Crippen LogP) is 5.21. The first-order valence-corrected chi connectivity index (χ1v) is 8.58. The van der Waals surface area contributed by atoms with E-state index in [0.29, 0.717) is 0 Å². The first-order valence-electron chi connectivity index (χ1n) is 8.58. The fourth-order valence-electron chi connectivity index (χ4n) is 3.39. The molecule has 2 nitrogen and oxygen atoms in total. The summed E-state index contributed by atoms with van der Waals surface area (Å²) in [6, 6.07) is 8.93. The minimum Gasteiger partial charge on any atom is -0.241 e. The van der Waals surface area contributed by atoms with E-state index in [-0.39, 0.29) is 0 Å². The van der Waals surface area contributed by atoms with E-state index in [0.717, 1.165) is 23.2 Å². The van der Waals surface area contributed by atoms with E-state index in [2.05, 4.69) is 41.2 Å². The van der Waals surface area contributed by atoms with Crippen LogP contribution in [-0.2, 0) is 6.42 Å². The molecule has 1 heterocycles. The number of benzene rings is 1. The van der Waals surface area contributed by atoms with Crippen molar-refractivity contribution in [1.29, 1.82) is 0 Å². The van der Waals surface area contributed by atoms with E-state index < -0.39 is 0 Å². The number of hydrogen-bond donors (Lipinski definition) is 0. The molecule has 0 saturated heterocycles. The molecule has 1 aromatic heterocycles. The van der Waals surface area contributed by atoms with Crippen LogP contribution in [0.25, 0.3) is 11.1 Å². The van der Waals surface area contributed by atoms with Crippen LogP contribution in [0, 0.1) is 18.8 Å². The minimum atomic E-state index is 0.821. The Kier molecular flexibility index (Phi) is 4.87. The molecule has 22 heavy (non-hydrogen) atoms. The van der Waals surface area contributed by atoms with Gasteiger partial charge in [0.15, 0.2) is 0 Å². The van der Waals surface area contributed by atoms with Gasteiger partial charge in [-0.15, -0.1) is 0 Å². The van der Waals surface area contributed by atoms with Gasteiger partial charge in [0.05, 0.1) is 0 Å². The fraction of sp³-hybridized carbons (Fsp3) is 0.500. The van der Waals surface area contributed by atoms with Gasteiger partial charge in [-0.05, 0) is 42.7 Å². The lowest BCUT2D eigenvalue weighted by Gasteiger charge is -2.26. The molecule has 0 unspecified atom stereocenters. The van der Waals surface area contributed by atoms with Crippen molar-refractivity contribution in [3.05, 3.63) is 48.0 Å². The van der Waals surface area contributed by atoms with Gasteiger partial charge in [0.1, 0.15) is 5.82 Å². The molecular formula is C20H26N2. The van der Waals surface area contributed by atoms with Gasteiger partial charge in [0.2, 0.25) is 0 Å². The smallest absolute Gasteiger partial charge is 0.125 e. The van der Waals surface area contributed by atoms with Gasteiger partial charge in [0, 0.05) is 18.0 Å². The lowest BCUT2D eigenvalue weighted by molar-refractivity contribution is 0.278. The quantitative estimate of drug-likeness (QED) is 0.773. The van der Waals surface area contributed by atoms with E-state index in [9.17, 15) is 0 Å². The second-order valence-electron chi connectivity index (χ2n) is 6.88. The molecule has 116 valence electrons.